The first-order valence-electron chi connectivity index (χ1n) is 5.02. The summed E-state index contributed by atoms with van der Waals surface area (Å²) in [5, 5.41) is 16.9. The van der Waals surface area contributed by atoms with Gasteiger partial charge in [0.05, 0.1) is 11.9 Å². The number of nitrogens with zero attached hydrogens (tertiary/aromatic N) is 4. The third-order valence-electron chi connectivity index (χ3n) is 2.25. The van der Waals surface area contributed by atoms with Crippen molar-refractivity contribution in [3.8, 4) is 11.3 Å². The van der Waals surface area contributed by atoms with Gasteiger partial charge in [-0.3, -0.25) is 9.78 Å². The van der Waals surface area contributed by atoms with Crippen LogP contribution in [-0.4, -0.2) is 25.0 Å². The Balaban J connectivity index is 1.81. The second-order valence-corrected chi connectivity index (χ2v) is 4.38. The fourth-order valence-electron chi connectivity index (χ4n) is 1.45. The minimum atomic E-state index is 0.792. The number of hydrogen-bond acceptors (Lipinski definition) is 5. The summed E-state index contributed by atoms with van der Waals surface area (Å²) in [7, 11) is 1.88. The molecular formula is C10H10N6S. The van der Waals surface area contributed by atoms with Crippen LogP contribution in [0.3, 0.4) is 0 Å². The Hall–Kier alpha value is -2.15. The van der Waals surface area contributed by atoms with E-state index >= 15 is 0 Å². The monoisotopic (exact) mass is 246 g/mol. The summed E-state index contributed by atoms with van der Waals surface area (Å²) < 4.78 is 1.74. The van der Waals surface area contributed by atoms with Gasteiger partial charge in [0.2, 0.25) is 0 Å². The zero-order chi connectivity index (χ0) is 11.7. The van der Waals surface area contributed by atoms with Crippen LogP contribution in [0.2, 0.25) is 0 Å². The molecule has 0 aliphatic rings. The van der Waals surface area contributed by atoms with Gasteiger partial charge in [-0.2, -0.15) is 10.2 Å². The van der Waals surface area contributed by atoms with E-state index in [1.165, 1.54) is 11.3 Å². The van der Waals surface area contributed by atoms with Crippen LogP contribution in [0.25, 0.3) is 11.3 Å². The van der Waals surface area contributed by atoms with Crippen molar-refractivity contribution in [2.75, 3.05) is 5.32 Å². The number of hydrogen-bond donors (Lipinski definition) is 2. The highest BCUT2D eigenvalue weighted by atomic mass is 32.1. The van der Waals surface area contributed by atoms with Crippen molar-refractivity contribution in [1.29, 1.82) is 0 Å². The number of anilines is 2. The number of nitrogens with one attached hydrogen (secondary N) is 2. The van der Waals surface area contributed by atoms with Gasteiger partial charge >= 0.3 is 0 Å². The van der Waals surface area contributed by atoms with E-state index < -0.39 is 0 Å². The molecule has 3 aromatic rings. The number of H-pyrrole nitrogens is 1. The molecule has 0 radical (unpaired) electrons. The second-order valence-electron chi connectivity index (χ2n) is 3.52. The maximum atomic E-state index is 4.46. The number of rotatable bonds is 3. The van der Waals surface area contributed by atoms with Crippen molar-refractivity contribution in [3.05, 3.63) is 30.0 Å². The number of aromatic amines is 1. The Bertz CT molecular complexity index is 608. The Morgan fingerprint density at radius 2 is 2.41 bits per heavy atom. The largest absolute Gasteiger partial charge is 0.315 e. The summed E-state index contributed by atoms with van der Waals surface area (Å²) in [6, 6.07) is 1.90. The highest BCUT2D eigenvalue weighted by Gasteiger charge is 2.06. The minimum Gasteiger partial charge on any atom is -0.315 e. The molecule has 0 aromatic carbocycles. The zero-order valence-corrected chi connectivity index (χ0v) is 9.90. The van der Waals surface area contributed by atoms with Crippen LogP contribution in [0.1, 0.15) is 0 Å². The summed E-state index contributed by atoms with van der Waals surface area (Å²) in [5.74, 6) is 0.792. The van der Waals surface area contributed by atoms with Gasteiger partial charge in [0.1, 0.15) is 0 Å². The molecule has 6 nitrogen and oxygen atoms in total. The summed E-state index contributed by atoms with van der Waals surface area (Å²) in [5.41, 5.74) is 1.89. The maximum absolute atomic E-state index is 4.46. The highest BCUT2D eigenvalue weighted by Crippen LogP contribution is 2.25. The maximum Gasteiger partial charge on any atom is 0.188 e. The van der Waals surface area contributed by atoms with E-state index in [-0.39, 0.29) is 0 Å². The van der Waals surface area contributed by atoms with E-state index in [4.69, 9.17) is 0 Å². The van der Waals surface area contributed by atoms with Gasteiger partial charge < -0.3 is 5.32 Å². The van der Waals surface area contributed by atoms with E-state index in [0.717, 1.165) is 22.2 Å². The van der Waals surface area contributed by atoms with Crippen LogP contribution in [0.15, 0.2) is 30.0 Å². The van der Waals surface area contributed by atoms with Crippen LogP contribution in [0.5, 0.6) is 0 Å². The Morgan fingerprint density at radius 3 is 3.12 bits per heavy atom. The molecule has 3 heterocycles. The fourth-order valence-corrected chi connectivity index (χ4v) is 2.17. The van der Waals surface area contributed by atoms with Crippen LogP contribution >= 0.6 is 11.3 Å². The molecule has 3 rings (SSSR count). The van der Waals surface area contributed by atoms with Gasteiger partial charge in [-0.25, -0.2) is 4.98 Å². The first-order chi connectivity index (χ1) is 8.31. The minimum absolute atomic E-state index is 0.792. The molecular weight excluding hydrogens is 236 g/mol. The summed E-state index contributed by atoms with van der Waals surface area (Å²) in [4.78, 5) is 4.46. The molecule has 0 fully saturated rings. The standard InChI is InChI=1S/C10H10N6S/c1-16-3-2-9(15-16)14-10-13-8(6-17-10)7-4-11-12-5-7/h2-6H,1H3,(H,11,12)(H,13,14,15). The van der Waals surface area contributed by atoms with Crippen molar-refractivity contribution in [3.63, 3.8) is 0 Å². The SMILES string of the molecule is Cn1ccc(Nc2nc(-c3cn[nH]c3)cs2)n1. The van der Waals surface area contributed by atoms with Crippen LogP contribution < -0.4 is 5.32 Å². The van der Waals surface area contributed by atoms with E-state index in [2.05, 4.69) is 25.6 Å². The summed E-state index contributed by atoms with van der Waals surface area (Å²) in [6.07, 6.45) is 5.45. The predicted molar refractivity (Wildman–Crippen MR) is 66.2 cm³/mol. The molecule has 0 saturated heterocycles. The first-order valence-corrected chi connectivity index (χ1v) is 5.90. The zero-order valence-electron chi connectivity index (χ0n) is 9.08. The molecule has 86 valence electrons. The Morgan fingerprint density at radius 1 is 1.47 bits per heavy atom. The molecule has 0 bridgehead atoms. The Kier molecular flexibility index (Phi) is 2.37. The first kappa shape index (κ1) is 10.0. The number of aromatic nitrogens is 5. The van der Waals surface area contributed by atoms with Gasteiger partial charge in [-0.1, -0.05) is 0 Å². The third kappa shape index (κ3) is 2.04. The van der Waals surface area contributed by atoms with E-state index in [1.54, 1.807) is 10.9 Å². The summed E-state index contributed by atoms with van der Waals surface area (Å²) in [6.45, 7) is 0. The van der Waals surface area contributed by atoms with E-state index in [0.29, 0.717) is 0 Å². The topological polar surface area (TPSA) is 71.4 Å². The predicted octanol–water partition coefficient (Wildman–Crippen LogP) is 2.01. The lowest BCUT2D eigenvalue weighted by Crippen LogP contribution is -1.93. The van der Waals surface area contributed by atoms with E-state index in [9.17, 15) is 0 Å². The summed E-state index contributed by atoms with van der Waals surface area (Å²) >= 11 is 1.54. The van der Waals surface area contributed by atoms with Crippen LogP contribution in [0.4, 0.5) is 10.9 Å². The third-order valence-corrected chi connectivity index (χ3v) is 3.00. The molecule has 7 heteroatoms. The molecule has 0 aliphatic carbocycles. The van der Waals surface area contributed by atoms with Gasteiger partial charge in [-0.05, 0) is 0 Å². The lowest BCUT2D eigenvalue weighted by Gasteiger charge is -1.95. The second kappa shape index (κ2) is 4.02. The molecule has 0 amide bonds. The van der Waals surface area contributed by atoms with Crippen LogP contribution in [-0.2, 0) is 7.05 Å². The van der Waals surface area contributed by atoms with Gasteiger partial charge in [0, 0.05) is 36.5 Å². The average molecular weight is 246 g/mol. The smallest absolute Gasteiger partial charge is 0.188 e. The molecule has 0 saturated carbocycles. The number of thiazole rings is 1. The van der Waals surface area contributed by atoms with Crippen molar-refractivity contribution < 1.29 is 0 Å². The highest BCUT2D eigenvalue weighted by molar-refractivity contribution is 7.14. The van der Waals surface area contributed by atoms with Crippen molar-refractivity contribution in [2.45, 2.75) is 0 Å². The molecule has 0 aliphatic heterocycles. The molecule has 17 heavy (non-hydrogen) atoms. The van der Waals surface area contributed by atoms with Gasteiger partial charge in [-0.15, -0.1) is 11.3 Å². The molecule has 0 atom stereocenters. The fraction of sp³-hybridized carbons (Fsp3) is 0.100. The molecule has 2 N–H and O–H groups in total. The van der Waals surface area contributed by atoms with Crippen molar-refractivity contribution in [1.82, 2.24) is 25.0 Å². The van der Waals surface area contributed by atoms with E-state index in [1.807, 2.05) is 30.9 Å². The lowest BCUT2D eigenvalue weighted by atomic mass is 10.3. The quantitative estimate of drug-likeness (QED) is 0.741. The van der Waals surface area contributed by atoms with Crippen molar-refractivity contribution >= 4 is 22.3 Å². The number of aryl methyl sites for hydroxylation is 1. The normalized spacial score (nSPS) is 10.6. The molecule has 0 unspecified atom stereocenters. The molecule has 3 aromatic heterocycles. The van der Waals surface area contributed by atoms with Crippen molar-refractivity contribution in [2.24, 2.45) is 7.05 Å². The van der Waals surface area contributed by atoms with Crippen LogP contribution in [0, 0.1) is 0 Å². The average Bonchev–Trinajstić information content (AvgIpc) is 3.00. The lowest BCUT2D eigenvalue weighted by molar-refractivity contribution is 0.771. The Labute approximate surface area is 101 Å². The van der Waals surface area contributed by atoms with Gasteiger partial charge in [0.15, 0.2) is 10.9 Å². The molecule has 0 spiro atoms. The van der Waals surface area contributed by atoms with Gasteiger partial charge in [0.25, 0.3) is 0 Å².